The molecule has 0 aliphatic carbocycles. The van der Waals surface area contributed by atoms with Crippen LogP contribution in [0.3, 0.4) is 0 Å². The van der Waals surface area contributed by atoms with Crippen molar-refractivity contribution in [2.45, 2.75) is 19.9 Å². The number of amides is 2. The van der Waals surface area contributed by atoms with Crippen molar-refractivity contribution in [2.75, 3.05) is 5.32 Å². The number of anilines is 1. The van der Waals surface area contributed by atoms with E-state index >= 15 is 0 Å². The number of H-pyrrole nitrogens is 1. The maximum Gasteiger partial charge on any atom is 0.343 e. The number of hydrogen-bond acceptors (Lipinski definition) is 5. The van der Waals surface area contributed by atoms with Crippen molar-refractivity contribution in [3.8, 4) is 0 Å². The van der Waals surface area contributed by atoms with E-state index in [-0.39, 0.29) is 11.4 Å². The Morgan fingerprint density at radius 2 is 2.17 bits per heavy atom. The van der Waals surface area contributed by atoms with Crippen LogP contribution >= 0.6 is 0 Å². The number of aromatic amines is 1. The normalized spacial score (nSPS) is 11.8. The molecule has 2 rings (SSSR count). The Hall–Kier alpha value is -3.17. The van der Waals surface area contributed by atoms with Crippen LogP contribution in [0.1, 0.15) is 24.4 Å². The highest BCUT2D eigenvalue weighted by Gasteiger charge is 2.18. The summed E-state index contributed by atoms with van der Waals surface area (Å²) in [5, 5.41) is 22.2. The third kappa shape index (κ3) is 3.36. The Labute approximate surface area is 130 Å². The van der Waals surface area contributed by atoms with Crippen LogP contribution in [0.4, 0.5) is 16.2 Å². The van der Waals surface area contributed by atoms with Crippen LogP contribution in [0.15, 0.2) is 23.0 Å². The largest absolute Gasteiger partial charge is 0.343 e. The molecule has 2 aromatic rings. The molecule has 23 heavy (non-hydrogen) atoms. The molecule has 3 N–H and O–H groups in total. The summed E-state index contributed by atoms with van der Waals surface area (Å²) < 4.78 is 1.28. The molecule has 0 aliphatic rings. The van der Waals surface area contributed by atoms with E-state index in [1.54, 1.807) is 19.9 Å². The van der Waals surface area contributed by atoms with Crippen LogP contribution in [-0.2, 0) is 7.05 Å². The zero-order valence-electron chi connectivity index (χ0n) is 12.8. The number of rotatable bonds is 4. The quantitative estimate of drug-likeness (QED) is 0.574. The van der Waals surface area contributed by atoms with Crippen LogP contribution in [0.25, 0.3) is 0 Å². The monoisotopic (exact) mass is 320 g/mol. The zero-order chi connectivity index (χ0) is 17.1. The SMILES string of the molecule is Cc1c(NC(=O)N[C@H](C)c2n[nH]c(=O)n2C)cccc1[N+](=O)[O-]. The minimum atomic E-state index is -0.559. The first kappa shape index (κ1) is 16.2. The molecule has 0 fully saturated rings. The average molecular weight is 320 g/mol. The standard InChI is InChI=1S/C13H16N6O4/c1-7-9(5-4-6-10(7)19(22)23)15-12(20)14-8(2)11-16-17-13(21)18(11)3/h4-6,8H,1-3H3,(H,17,21)(H2,14,15,20)/t8-/m1/s1. The van der Waals surface area contributed by atoms with Crippen molar-refractivity contribution >= 4 is 17.4 Å². The van der Waals surface area contributed by atoms with Crippen LogP contribution < -0.4 is 16.3 Å². The fourth-order valence-corrected chi connectivity index (χ4v) is 2.12. The van der Waals surface area contributed by atoms with E-state index in [2.05, 4.69) is 20.8 Å². The van der Waals surface area contributed by atoms with Crippen molar-refractivity contribution in [3.63, 3.8) is 0 Å². The van der Waals surface area contributed by atoms with E-state index in [0.717, 1.165) is 0 Å². The third-order valence-electron chi connectivity index (χ3n) is 3.40. The van der Waals surface area contributed by atoms with Crippen molar-refractivity contribution in [1.82, 2.24) is 20.1 Å². The smallest absolute Gasteiger partial charge is 0.328 e. The number of nitrogens with one attached hydrogen (secondary N) is 3. The van der Waals surface area contributed by atoms with Crippen LogP contribution in [0.2, 0.25) is 0 Å². The van der Waals surface area contributed by atoms with E-state index in [9.17, 15) is 19.7 Å². The van der Waals surface area contributed by atoms with E-state index < -0.39 is 17.0 Å². The molecule has 1 aromatic carbocycles. The van der Waals surface area contributed by atoms with Crippen molar-refractivity contribution < 1.29 is 9.72 Å². The number of carbonyl (C=O) groups is 1. The molecule has 0 saturated heterocycles. The van der Waals surface area contributed by atoms with Gasteiger partial charge in [0.15, 0.2) is 5.82 Å². The van der Waals surface area contributed by atoms with Gasteiger partial charge in [-0.15, -0.1) is 0 Å². The number of hydrogen-bond donors (Lipinski definition) is 3. The van der Waals surface area contributed by atoms with Gasteiger partial charge in [0, 0.05) is 13.1 Å². The van der Waals surface area contributed by atoms with E-state index in [1.807, 2.05) is 0 Å². The zero-order valence-corrected chi connectivity index (χ0v) is 12.8. The summed E-state index contributed by atoms with van der Waals surface area (Å²) in [6, 6.07) is 3.33. The van der Waals surface area contributed by atoms with Gasteiger partial charge in [-0.2, -0.15) is 5.10 Å². The number of carbonyl (C=O) groups excluding carboxylic acids is 1. The van der Waals surface area contributed by atoms with Gasteiger partial charge in [0.2, 0.25) is 0 Å². The highest BCUT2D eigenvalue weighted by atomic mass is 16.6. The van der Waals surface area contributed by atoms with Gasteiger partial charge < -0.3 is 10.6 Å². The number of nitrogens with zero attached hydrogens (tertiary/aromatic N) is 3. The summed E-state index contributed by atoms with van der Waals surface area (Å²) in [4.78, 5) is 33.7. The first-order valence-corrected chi connectivity index (χ1v) is 6.74. The molecule has 10 heteroatoms. The highest BCUT2D eigenvalue weighted by molar-refractivity contribution is 5.90. The highest BCUT2D eigenvalue weighted by Crippen LogP contribution is 2.25. The number of aromatic nitrogens is 3. The molecule has 1 atom stereocenters. The Morgan fingerprint density at radius 1 is 1.48 bits per heavy atom. The van der Waals surface area contributed by atoms with Gasteiger partial charge in [-0.25, -0.2) is 14.7 Å². The van der Waals surface area contributed by atoms with Crippen LogP contribution in [0.5, 0.6) is 0 Å². The van der Waals surface area contributed by atoms with Gasteiger partial charge in [-0.05, 0) is 19.9 Å². The first-order valence-electron chi connectivity index (χ1n) is 6.74. The molecule has 0 spiro atoms. The van der Waals surface area contributed by atoms with Crippen molar-refractivity contribution in [2.24, 2.45) is 7.05 Å². The molecule has 0 bridgehead atoms. The van der Waals surface area contributed by atoms with E-state index in [0.29, 0.717) is 17.1 Å². The van der Waals surface area contributed by atoms with Crippen LogP contribution in [-0.4, -0.2) is 25.7 Å². The third-order valence-corrected chi connectivity index (χ3v) is 3.40. The lowest BCUT2D eigenvalue weighted by Crippen LogP contribution is -2.33. The van der Waals surface area contributed by atoms with Crippen molar-refractivity contribution in [3.05, 3.63) is 50.2 Å². The van der Waals surface area contributed by atoms with Gasteiger partial charge in [0.1, 0.15) is 0 Å². The summed E-state index contributed by atoms with van der Waals surface area (Å²) in [7, 11) is 1.53. The molecule has 0 aliphatic heterocycles. The van der Waals surface area contributed by atoms with Crippen LogP contribution in [0, 0.1) is 17.0 Å². The number of benzene rings is 1. The maximum atomic E-state index is 12.0. The van der Waals surface area contributed by atoms with Gasteiger partial charge in [0.05, 0.1) is 22.2 Å². The number of nitro groups is 1. The predicted octanol–water partition coefficient (Wildman–Crippen LogP) is 1.21. The average Bonchev–Trinajstić information content (AvgIpc) is 2.81. The summed E-state index contributed by atoms with van der Waals surface area (Å²) in [6.07, 6.45) is 0. The Bertz CT molecular complexity index is 809. The van der Waals surface area contributed by atoms with E-state index in [1.165, 1.54) is 23.7 Å². The molecule has 10 nitrogen and oxygen atoms in total. The number of nitro benzene ring substituents is 1. The Kier molecular flexibility index (Phi) is 4.44. The minimum absolute atomic E-state index is 0.0782. The molecular formula is C13H16N6O4. The fourth-order valence-electron chi connectivity index (χ4n) is 2.12. The van der Waals surface area contributed by atoms with Gasteiger partial charge in [-0.1, -0.05) is 6.07 Å². The molecule has 1 heterocycles. The molecule has 0 saturated carbocycles. The molecule has 0 radical (unpaired) electrons. The molecule has 122 valence electrons. The van der Waals surface area contributed by atoms with E-state index in [4.69, 9.17) is 0 Å². The first-order chi connectivity index (χ1) is 10.8. The maximum absolute atomic E-state index is 12.0. The van der Waals surface area contributed by atoms with Gasteiger partial charge in [0.25, 0.3) is 5.69 Å². The summed E-state index contributed by atoms with van der Waals surface area (Å²) >= 11 is 0. The lowest BCUT2D eigenvalue weighted by Gasteiger charge is -2.14. The van der Waals surface area contributed by atoms with Gasteiger partial charge >= 0.3 is 11.7 Å². The second kappa shape index (κ2) is 6.30. The fraction of sp³-hybridized carbons (Fsp3) is 0.308. The Balaban J connectivity index is 2.11. The second-order valence-corrected chi connectivity index (χ2v) is 4.97. The second-order valence-electron chi connectivity index (χ2n) is 4.97. The van der Waals surface area contributed by atoms with Crippen molar-refractivity contribution in [1.29, 1.82) is 0 Å². The molecule has 1 aromatic heterocycles. The minimum Gasteiger partial charge on any atom is -0.328 e. The lowest BCUT2D eigenvalue weighted by molar-refractivity contribution is -0.385. The lowest BCUT2D eigenvalue weighted by atomic mass is 10.1. The summed E-state index contributed by atoms with van der Waals surface area (Å²) in [5.74, 6) is 0.362. The summed E-state index contributed by atoms with van der Waals surface area (Å²) in [6.45, 7) is 3.21. The summed E-state index contributed by atoms with van der Waals surface area (Å²) in [5.41, 5.74) is 0.224. The number of urea groups is 1. The molecule has 0 unspecified atom stereocenters. The molecular weight excluding hydrogens is 304 g/mol. The Morgan fingerprint density at radius 3 is 2.74 bits per heavy atom. The molecule has 2 amide bonds. The predicted molar refractivity (Wildman–Crippen MR) is 82.2 cm³/mol. The topological polar surface area (TPSA) is 135 Å². The van der Waals surface area contributed by atoms with Gasteiger partial charge in [-0.3, -0.25) is 14.7 Å².